The molecule has 0 aromatic heterocycles. The first-order valence-electron chi connectivity index (χ1n) is 9.02. The van der Waals surface area contributed by atoms with Gasteiger partial charge in [-0.25, -0.2) is 0 Å². The van der Waals surface area contributed by atoms with Gasteiger partial charge in [0, 0.05) is 31.6 Å². The van der Waals surface area contributed by atoms with Gasteiger partial charge in [0.25, 0.3) is 5.91 Å². The van der Waals surface area contributed by atoms with Gasteiger partial charge in [-0.2, -0.15) is 11.8 Å². The fraction of sp³-hybridized carbons (Fsp3) is 0.526. The number of thioether (sulfide) groups is 1. The Bertz CT molecular complexity index is 603. The fourth-order valence-corrected chi connectivity index (χ4v) is 3.35. The molecule has 0 spiro atoms. The van der Waals surface area contributed by atoms with Gasteiger partial charge in [-0.15, -0.1) is 0 Å². The van der Waals surface area contributed by atoms with Crippen LogP contribution in [0.5, 0.6) is 0 Å². The zero-order valence-electron chi connectivity index (χ0n) is 15.2. The van der Waals surface area contributed by atoms with E-state index in [0.29, 0.717) is 24.9 Å². The number of nitrogens with zero attached hydrogens (tertiary/aromatic N) is 1. The summed E-state index contributed by atoms with van der Waals surface area (Å²) in [5.41, 5.74) is 0.527. The summed E-state index contributed by atoms with van der Waals surface area (Å²) in [4.78, 5) is 38.7. The van der Waals surface area contributed by atoms with E-state index in [1.54, 1.807) is 36.0 Å². The normalized spacial score (nSPS) is 14.7. The van der Waals surface area contributed by atoms with Crippen molar-refractivity contribution >= 4 is 29.5 Å². The number of amides is 3. The van der Waals surface area contributed by atoms with Crippen molar-refractivity contribution in [3.63, 3.8) is 0 Å². The summed E-state index contributed by atoms with van der Waals surface area (Å²) >= 11 is 1.62. The van der Waals surface area contributed by atoms with Gasteiger partial charge in [-0.05, 0) is 43.4 Å². The summed E-state index contributed by atoms with van der Waals surface area (Å²) in [6.45, 7) is 1.93. The summed E-state index contributed by atoms with van der Waals surface area (Å²) in [5, 5.41) is 5.59. The zero-order chi connectivity index (χ0) is 18.8. The van der Waals surface area contributed by atoms with Gasteiger partial charge in [0.15, 0.2) is 0 Å². The van der Waals surface area contributed by atoms with Gasteiger partial charge in [0.05, 0.1) is 0 Å². The minimum absolute atomic E-state index is 0.0804. The minimum atomic E-state index is -0.600. The third-order valence-electron chi connectivity index (χ3n) is 4.37. The average Bonchev–Trinajstić information content (AvgIpc) is 3.20. The van der Waals surface area contributed by atoms with Crippen LogP contribution in [-0.4, -0.2) is 60.3 Å². The van der Waals surface area contributed by atoms with Crippen molar-refractivity contribution in [1.29, 1.82) is 0 Å². The molecule has 0 radical (unpaired) electrons. The second-order valence-electron chi connectivity index (χ2n) is 6.30. The summed E-state index contributed by atoms with van der Waals surface area (Å²) in [5.74, 6) is 0.342. The number of nitrogens with one attached hydrogen (secondary N) is 2. The van der Waals surface area contributed by atoms with E-state index in [0.717, 1.165) is 31.7 Å². The number of hydrogen-bond acceptors (Lipinski definition) is 4. The highest BCUT2D eigenvalue weighted by Crippen LogP contribution is 2.08. The van der Waals surface area contributed by atoms with Crippen LogP contribution in [0.1, 0.15) is 36.0 Å². The average molecular weight is 378 g/mol. The highest BCUT2D eigenvalue weighted by atomic mass is 32.2. The monoisotopic (exact) mass is 377 g/mol. The van der Waals surface area contributed by atoms with E-state index < -0.39 is 6.04 Å². The molecule has 142 valence electrons. The lowest BCUT2D eigenvalue weighted by atomic mass is 10.1. The second-order valence-corrected chi connectivity index (χ2v) is 7.29. The molecule has 1 atom stereocenters. The maximum Gasteiger partial charge on any atom is 0.251 e. The number of rotatable bonds is 9. The van der Waals surface area contributed by atoms with Gasteiger partial charge in [0.2, 0.25) is 11.8 Å². The first-order chi connectivity index (χ1) is 12.6. The van der Waals surface area contributed by atoms with Crippen LogP contribution >= 0.6 is 11.8 Å². The van der Waals surface area contributed by atoms with Gasteiger partial charge < -0.3 is 15.5 Å². The SMILES string of the molecule is CSCC[C@@H](NC(=O)c1ccccc1)C(=O)NCCC(=O)N1CCCC1. The van der Waals surface area contributed by atoms with Crippen molar-refractivity contribution in [2.24, 2.45) is 0 Å². The molecule has 0 bridgehead atoms. The molecule has 1 aromatic rings. The minimum Gasteiger partial charge on any atom is -0.354 e. The standard InChI is InChI=1S/C19H27N3O3S/c1-26-14-10-16(21-18(24)15-7-3-2-4-8-15)19(25)20-11-9-17(23)22-12-5-6-13-22/h2-4,7-8,16H,5-6,9-14H2,1H3,(H,20,25)(H,21,24)/t16-/m1/s1. The number of carbonyl (C=O) groups excluding carboxylic acids is 3. The van der Waals surface area contributed by atoms with E-state index in [4.69, 9.17) is 0 Å². The molecule has 3 amide bonds. The van der Waals surface area contributed by atoms with Gasteiger partial charge in [-0.3, -0.25) is 14.4 Å². The van der Waals surface area contributed by atoms with Crippen LogP contribution < -0.4 is 10.6 Å². The number of likely N-dealkylation sites (tertiary alicyclic amines) is 1. The predicted octanol–water partition coefficient (Wildman–Crippen LogP) is 1.67. The quantitative estimate of drug-likeness (QED) is 0.686. The summed E-state index contributed by atoms with van der Waals surface area (Å²) < 4.78 is 0. The Morgan fingerprint density at radius 3 is 2.50 bits per heavy atom. The maximum absolute atomic E-state index is 12.5. The Labute approximate surface area is 159 Å². The van der Waals surface area contributed by atoms with E-state index in [-0.39, 0.29) is 17.7 Å². The molecule has 0 aliphatic carbocycles. The third-order valence-corrected chi connectivity index (χ3v) is 5.01. The molecule has 2 N–H and O–H groups in total. The topological polar surface area (TPSA) is 78.5 Å². The molecule has 6 nitrogen and oxygen atoms in total. The van der Waals surface area contributed by atoms with Crippen molar-refractivity contribution in [3.8, 4) is 0 Å². The highest BCUT2D eigenvalue weighted by molar-refractivity contribution is 7.98. The Hall–Kier alpha value is -2.02. The Morgan fingerprint density at radius 1 is 1.15 bits per heavy atom. The molecule has 1 saturated heterocycles. The van der Waals surface area contributed by atoms with Crippen molar-refractivity contribution < 1.29 is 14.4 Å². The molecule has 0 saturated carbocycles. The molecular weight excluding hydrogens is 350 g/mol. The van der Waals surface area contributed by atoms with E-state index in [1.807, 2.05) is 17.2 Å². The Morgan fingerprint density at radius 2 is 1.85 bits per heavy atom. The number of benzene rings is 1. The van der Waals surface area contributed by atoms with Crippen LogP contribution in [0.3, 0.4) is 0 Å². The van der Waals surface area contributed by atoms with E-state index in [9.17, 15) is 14.4 Å². The van der Waals surface area contributed by atoms with Crippen LogP contribution in [0.15, 0.2) is 30.3 Å². The molecular formula is C19H27N3O3S. The lowest BCUT2D eigenvalue weighted by Gasteiger charge is -2.19. The maximum atomic E-state index is 12.5. The van der Waals surface area contributed by atoms with Crippen LogP contribution in [-0.2, 0) is 9.59 Å². The molecule has 1 aromatic carbocycles. The molecule has 1 aliphatic rings. The predicted molar refractivity (Wildman–Crippen MR) is 104 cm³/mol. The molecule has 1 fully saturated rings. The molecule has 1 aliphatic heterocycles. The van der Waals surface area contributed by atoms with Gasteiger partial charge in [0.1, 0.15) is 6.04 Å². The van der Waals surface area contributed by atoms with Gasteiger partial charge >= 0.3 is 0 Å². The van der Waals surface area contributed by atoms with Crippen LogP contribution in [0.2, 0.25) is 0 Å². The van der Waals surface area contributed by atoms with Crippen LogP contribution in [0, 0.1) is 0 Å². The Kier molecular flexibility index (Phi) is 8.47. The largest absolute Gasteiger partial charge is 0.354 e. The van der Waals surface area contributed by atoms with E-state index in [2.05, 4.69) is 10.6 Å². The van der Waals surface area contributed by atoms with Crippen LogP contribution in [0.4, 0.5) is 0 Å². The van der Waals surface area contributed by atoms with Crippen molar-refractivity contribution in [3.05, 3.63) is 35.9 Å². The van der Waals surface area contributed by atoms with Crippen LogP contribution in [0.25, 0.3) is 0 Å². The van der Waals surface area contributed by atoms with Crippen molar-refractivity contribution in [2.45, 2.75) is 31.7 Å². The molecule has 7 heteroatoms. The van der Waals surface area contributed by atoms with Crippen molar-refractivity contribution in [1.82, 2.24) is 15.5 Å². The number of hydrogen-bond donors (Lipinski definition) is 2. The van der Waals surface area contributed by atoms with E-state index in [1.165, 1.54) is 0 Å². The zero-order valence-corrected chi connectivity index (χ0v) is 16.0. The first kappa shape index (κ1) is 20.3. The molecule has 26 heavy (non-hydrogen) atoms. The first-order valence-corrected chi connectivity index (χ1v) is 10.4. The van der Waals surface area contributed by atoms with Crippen molar-refractivity contribution in [2.75, 3.05) is 31.6 Å². The smallest absolute Gasteiger partial charge is 0.251 e. The lowest BCUT2D eigenvalue weighted by molar-refractivity contribution is -0.130. The molecule has 0 unspecified atom stereocenters. The summed E-state index contributed by atoms with van der Waals surface area (Å²) in [6.07, 6.45) is 4.92. The summed E-state index contributed by atoms with van der Waals surface area (Å²) in [7, 11) is 0. The lowest BCUT2D eigenvalue weighted by Crippen LogP contribution is -2.47. The highest BCUT2D eigenvalue weighted by Gasteiger charge is 2.22. The third kappa shape index (κ3) is 6.37. The van der Waals surface area contributed by atoms with Gasteiger partial charge in [-0.1, -0.05) is 18.2 Å². The second kappa shape index (κ2) is 10.9. The Balaban J connectivity index is 1.83. The molecule has 1 heterocycles. The van der Waals surface area contributed by atoms with E-state index >= 15 is 0 Å². The molecule has 2 rings (SSSR count). The summed E-state index contributed by atoms with van der Waals surface area (Å²) in [6, 6.07) is 8.25. The fourth-order valence-electron chi connectivity index (χ4n) is 2.88. The number of carbonyl (C=O) groups is 3.